The number of rotatable bonds is 7. The molecule has 1 aliphatic carbocycles. The first-order chi connectivity index (χ1) is 7.03. The van der Waals surface area contributed by atoms with Gasteiger partial charge in [-0.25, -0.2) is 0 Å². The first kappa shape index (κ1) is 12.5. The Hall–Kier alpha value is -0.570. The van der Waals surface area contributed by atoms with Crippen molar-refractivity contribution in [2.24, 2.45) is 5.41 Å². The van der Waals surface area contributed by atoms with Gasteiger partial charge in [-0.15, -0.1) is 0 Å². The molecule has 15 heavy (non-hydrogen) atoms. The molecule has 3 heteroatoms. The number of nitrogens with zero attached hydrogens (tertiary/aromatic N) is 1. The highest BCUT2D eigenvalue weighted by atomic mass is 16.4. The van der Waals surface area contributed by atoms with Crippen LogP contribution >= 0.6 is 0 Å². The monoisotopic (exact) mass is 213 g/mol. The summed E-state index contributed by atoms with van der Waals surface area (Å²) in [5, 5.41) is 8.84. The highest BCUT2D eigenvalue weighted by Crippen LogP contribution is 2.49. The maximum Gasteiger partial charge on any atom is 0.303 e. The minimum Gasteiger partial charge on any atom is -0.481 e. The molecule has 0 aliphatic heterocycles. The molecule has 0 aromatic heterocycles. The Morgan fingerprint density at radius 3 is 2.27 bits per heavy atom. The molecule has 0 aromatic rings. The second kappa shape index (κ2) is 4.97. The molecule has 0 aromatic carbocycles. The summed E-state index contributed by atoms with van der Waals surface area (Å²) < 4.78 is 0. The van der Waals surface area contributed by atoms with Crippen LogP contribution < -0.4 is 0 Å². The molecule has 0 spiro atoms. The van der Waals surface area contributed by atoms with E-state index in [-0.39, 0.29) is 5.41 Å². The molecule has 0 amide bonds. The Bertz CT molecular complexity index is 220. The molecule has 1 saturated carbocycles. The molecule has 1 rings (SSSR count). The van der Waals surface area contributed by atoms with Crippen molar-refractivity contribution in [2.75, 3.05) is 13.6 Å². The van der Waals surface area contributed by atoms with Gasteiger partial charge < -0.3 is 10.0 Å². The average Bonchev–Trinajstić information content (AvgIpc) is 2.85. The quantitative estimate of drug-likeness (QED) is 0.705. The normalized spacial score (nSPS) is 18.5. The smallest absolute Gasteiger partial charge is 0.303 e. The van der Waals surface area contributed by atoms with Gasteiger partial charge in [-0.2, -0.15) is 0 Å². The number of hydrogen-bond donors (Lipinski definition) is 1. The van der Waals surface area contributed by atoms with Crippen molar-refractivity contribution in [2.45, 2.75) is 52.0 Å². The Morgan fingerprint density at radius 2 is 1.93 bits per heavy atom. The van der Waals surface area contributed by atoms with Crippen LogP contribution in [0.25, 0.3) is 0 Å². The molecule has 0 unspecified atom stereocenters. The van der Waals surface area contributed by atoms with Gasteiger partial charge in [0.15, 0.2) is 0 Å². The lowest BCUT2D eigenvalue weighted by atomic mass is 10.0. The van der Waals surface area contributed by atoms with Crippen LogP contribution in [0.5, 0.6) is 0 Å². The predicted octanol–water partition coefficient (Wildman–Crippen LogP) is 2.36. The van der Waals surface area contributed by atoms with E-state index in [1.54, 1.807) is 0 Å². The van der Waals surface area contributed by atoms with E-state index in [9.17, 15) is 4.79 Å². The lowest BCUT2D eigenvalue weighted by Gasteiger charge is -2.29. The second-order valence-electron chi connectivity index (χ2n) is 4.96. The SMILES string of the molecule is CCC(CC)N(C)CC1(CC(=O)O)CC1. The third kappa shape index (κ3) is 3.49. The summed E-state index contributed by atoms with van der Waals surface area (Å²) in [5.74, 6) is -0.648. The summed E-state index contributed by atoms with van der Waals surface area (Å²) in [6.07, 6.45) is 4.82. The average molecular weight is 213 g/mol. The fourth-order valence-electron chi connectivity index (χ4n) is 2.46. The van der Waals surface area contributed by atoms with Gasteiger partial charge >= 0.3 is 5.97 Å². The summed E-state index contributed by atoms with van der Waals surface area (Å²) in [6.45, 7) is 5.34. The van der Waals surface area contributed by atoms with E-state index in [4.69, 9.17) is 5.11 Å². The molecule has 0 atom stereocenters. The minimum atomic E-state index is -0.648. The third-order valence-electron chi connectivity index (χ3n) is 3.63. The van der Waals surface area contributed by atoms with Gasteiger partial charge in [0.1, 0.15) is 0 Å². The molecule has 88 valence electrons. The van der Waals surface area contributed by atoms with Crippen LogP contribution in [0, 0.1) is 5.41 Å². The first-order valence-electron chi connectivity index (χ1n) is 5.95. The number of carbonyl (C=O) groups is 1. The van der Waals surface area contributed by atoms with Gasteiger partial charge in [-0.05, 0) is 38.1 Å². The van der Waals surface area contributed by atoms with E-state index in [2.05, 4.69) is 25.8 Å². The standard InChI is InChI=1S/C12H23NO2/c1-4-10(5-2)13(3)9-12(6-7-12)8-11(14)15/h10H,4-9H2,1-3H3,(H,14,15). The summed E-state index contributed by atoms with van der Waals surface area (Å²) >= 11 is 0. The van der Waals surface area contributed by atoms with Gasteiger partial charge in [-0.3, -0.25) is 4.79 Å². The second-order valence-corrected chi connectivity index (χ2v) is 4.96. The van der Waals surface area contributed by atoms with Crippen molar-refractivity contribution in [3.05, 3.63) is 0 Å². The summed E-state index contributed by atoms with van der Waals surface area (Å²) in [7, 11) is 2.12. The summed E-state index contributed by atoms with van der Waals surface area (Å²) in [5.41, 5.74) is 0.100. The molecule has 0 radical (unpaired) electrons. The van der Waals surface area contributed by atoms with Gasteiger partial charge in [-0.1, -0.05) is 13.8 Å². The van der Waals surface area contributed by atoms with Crippen LogP contribution in [0.1, 0.15) is 46.0 Å². The van der Waals surface area contributed by atoms with E-state index < -0.39 is 5.97 Å². The molecule has 0 saturated heterocycles. The Balaban J connectivity index is 2.43. The van der Waals surface area contributed by atoms with Gasteiger partial charge in [0.2, 0.25) is 0 Å². The lowest BCUT2D eigenvalue weighted by Crippen LogP contribution is -2.36. The van der Waals surface area contributed by atoms with Crippen LogP contribution in [0.3, 0.4) is 0 Å². The van der Waals surface area contributed by atoms with Crippen LogP contribution in [0.15, 0.2) is 0 Å². The van der Waals surface area contributed by atoms with E-state index in [1.807, 2.05) is 0 Å². The molecule has 3 nitrogen and oxygen atoms in total. The van der Waals surface area contributed by atoms with Gasteiger partial charge in [0, 0.05) is 12.6 Å². The number of carboxylic acids is 1. The van der Waals surface area contributed by atoms with Crippen molar-refractivity contribution < 1.29 is 9.90 Å². The Kier molecular flexibility index (Phi) is 4.14. The minimum absolute atomic E-state index is 0.100. The first-order valence-corrected chi connectivity index (χ1v) is 5.95. The number of aliphatic carboxylic acids is 1. The van der Waals surface area contributed by atoms with Crippen molar-refractivity contribution in [3.8, 4) is 0 Å². The fraction of sp³-hybridized carbons (Fsp3) is 0.917. The maximum absolute atomic E-state index is 10.7. The third-order valence-corrected chi connectivity index (χ3v) is 3.63. The zero-order chi connectivity index (χ0) is 11.5. The van der Waals surface area contributed by atoms with Gasteiger partial charge in [0.05, 0.1) is 6.42 Å². The fourth-order valence-corrected chi connectivity index (χ4v) is 2.46. The zero-order valence-electron chi connectivity index (χ0n) is 10.1. The van der Waals surface area contributed by atoms with Crippen LogP contribution in [0.2, 0.25) is 0 Å². The van der Waals surface area contributed by atoms with E-state index in [1.165, 1.54) is 0 Å². The number of carboxylic acid groups (broad SMARTS) is 1. The summed E-state index contributed by atoms with van der Waals surface area (Å²) in [6, 6.07) is 0.608. The topological polar surface area (TPSA) is 40.5 Å². The predicted molar refractivity (Wildman–Crippen MR) is 60.9 cm³/mol. The van der Waals surface area contributed by atoms with Crippen molar-refractivity contribution in [1.82, 2.24) is 4.90 Å². The molecule has 0 heterocycles. The molecular weight excluding hydrogens is 190 g/mol. The lowest BCUT2D eigenvalue weighted by molar-refractivity contribution is -0.138. The largest absolute Gasteiger partial charge is 0.481 e. The van der Waals surface area contributed by atoms with E-state index >= 15 is 0 Å². The highest BCUT2D eigenvalue weighted by Gasteiger charge is 2.45. The van der Waals surface area contributed by atoms with E-state index in [0.717, 1.165) is 32.2 Å². The maximum atomic E-state index is 10.7. The molecule has 0 bridgehead atoms. The zero-order valence-corrected chi connectivity index (χ0v) is 10.1. The Morgan fingerprint density at radius 1 is 1.40 bits per heavy atom. The van der Waals surface area contributed by atoms with Crippen molar-refractivity contribution >= 4 is 5.97 Å². The molecule has 1 N–H and O–H groups in total. The summed E-state index contributed by atoms with van der Waals surface area (Å²) in [4.78, 5) is 13.1. The highest BCUT2D eigenvalue weighted by molar-refractivity contribution is 5.68. The molecule has 1 fully saturated rings. The number of hydrogen-bond acceptors (Lipinski definition) is 2. The van der Waals surface area contributed by atoms with Gasteiger partial charge in [0.25, 0.3) is 0 Å². The van der Waals surface area contributed by atoms with Crippen molar-refractivity contribution in [3.63, 3.8) is 0 Å². The molecular formula is C12H23NO2. The van der Waals surface area contributed by atoms with Crippen LogP contribution in [-0.2, 0) is 4.79 Å². The van der Waals surface area contributed by atoms with Crippen molar-refractivity contribution in [1.29, 1.82) is 0 Å². The van der Waals surface area contributed by atoms with E-state index in [0.29, 0.717) is 12.5 Å². The van der Waals surface area contributed by atoms with Crippen LogP contribution in [-0.4, -0.2) is 35.6 Å². The molecule has 1 aliphatic rings. The Labute approximate surface area is 92.5 Å². The van der Waals surface area contributed by atoms with Crippen LogP contribution in [0.4, 0.5) is 0 Å².